The first-order chi connectivity index (χ1) is 12.1. The van der Waals surface area contributed by atoms with E-state index in [1.807, 2.05) is 30.3 Å². The number of aromatic nitrogens is 2. The Balaban J connectivity index is 1.80. The molecular formula is C19H15F2N3O. The molecule has 1 atom stereocenters. The molecule has 0 bridgehead atoms. The van der Waals surface area contributed by atoms with E-state index in [1.54, 1.807) is 15.5 Å². The van der Waals surface area contributed by atoms with Gasteiger partial charge in [0.2, 0.25) is 5.82 Å². The Morgan fingerprint density at radius 2 is 1.92 bits per heavy atom. The first-order valence-electron chi connectivity index (χ1n) is 7.91. The SMILES string of the molecule is C=C[C@@H]1CN(Cc2ccccc2)C(=O)c2nc3cc(F)c(F)cc3n21. The normalized spacial score (nSPS) is 17.0. The van der Waals surface area contributed by atoms with Crippen molar-refractivity contribution < 1.29 is 13.6 Å². The van der Waals surface area contributed by atoms with Gasteiger partial charge in [-0.3, -0.25) is 4.79 Å². The highest BCUT2D eigenvalue weighted by molar-refractivity contribution is 5.96. The van der Waals surface area contributed by atoms with Crippen molar-refractivity contribution >= 4 is 16.9 Å². The predicted octanol–water partition coefficient (Wildman–Crippen LogP) is 3.70. The van der Waals surface area contributed by atoms with E-state index in [4.69, 9.17) is 0 Å². The van der Waals surface area contributed by atoms with E-state index in [0.717, 1.165) is 17.7 Å². The number of nitrogens with zero attached hydrogens (tertiary/aromatic N) is 3. The number of halogens is 2. The molecule has 1 aliphatic heterocycles. The average molecular weight is 339 g/mol. The number of fused-ring (bicyclic) bond motifs is 3. The molecule has 1 aromatic heterocycles. The Bertz CT molecular complexity index is 981. The first kappa shape index (κ1) is 15.5. The molecule has 0 aliphatic carbocycles. The number of carbonyl (C=O) groups excluding carboxylic acids is 1. The average Bonchev–Trinajstić information content (AvgIpc) is 2.97. The van der Waals surface area contributed by atoms with Crippen LogP contribution in [0.1, 0.15) is 22.2 Å². The van der Waals surface area contributed by atoms with Crippen molar-refractivity contribution in [3.63, 3.8) is 0 Å². The van der Waals surface area contributed by atoms with Crippen LogP contribution < -0.4 is 0 Å². The number of amides is 1. The van der Waals surface area contributed by atoms with E-state index >= 15 is 0 Å². The molecule has 0 N–H and O–H groups in total. The molecule has 0 unspecified atom stereocenters. The van der Waals surface area contributed by atoms with Crippen molar-refractivity contribution in [2.45, 2.75) is 12.6 Å². The number of carbonyl (C=O) groups is 1. The zero-order valence-corrected chi connectivity index (χ0v) is 13.3. The number of benzene rings is 2. The van der Waals surface area contributed by atoms with Gasteiger partial charge >= 0.3 is 0 Å². The molecule has 3 aromatic rings. The van der Waals surface area contributed by atoms with Gasteiger partial charge in [-0.1, -0.05) is 36.4 Å². The van der Waals surface area contributed by atoms with Crippen LogP contribution in [0.5, 0.6) is 0 Å². The number of hydrogen-bond acceptors (Lipinski definition) is 2. The lowest BCUT2D eigenvalue weighted by atomic mass is 10.1. The summed E-state index contributed by atoms with van der Waals surface area (Å²) < 4.78 is 28.8. The van der Waals surface area contributed by atoms with E-state index in [9.17, 15) is 13.6 Å². The molecule has 4 nitrogen and oxygen atoms in total. The third kappa shape index (κ3) is 2.50. The standard InChI is InChI=1S/C19H15F2N3O/c1-2-13-11-23(10-12-6-4-3-5-7-12)19(25)18-22-16-8-14(20)15(21)9-17(16)24(13)18/h2-9,13H,1,10-11H2/t13-/m1/s1. The second-order valence-electron chi connectivity index (χ2n) is 6.03. The van der Waals surface area contributed by atoms with Crippen LogP contribution in [0, 0.1) is 11.6 Å². The molecule has 6 heteroatoms. The monoisotopic (exact) mass is 339 g/mol. The summed E-state index contributed by atoms with van der Waals surface area (Å²) in [6, 6.07) is 11.5. The van der Waals surface area contributed by atoms with E-state index in [2.05, 4.69) is 11.6 Å². The molecule has 0 saturated carbocycles. The highest BCUT2D eigenvalue weighted by Gasteiger charge is 2.33. The molecule has 0 radical (unpaired) electrons. The van der Waals surface area contributed by atoms with Gasteiger partial charge in [0.05, 0.1) is 17.1 Å². The Labute approximate surface area is 143 Å². The largest absolute Gasteiger partial charge is 0.329 e. The highest BCUT2D eigenvalue weighted by atomic mass is 19.2. The van der Waals surface area contributed by atoms with Gasteiger partial charge in [0.15, 0.2) is 11.6 Å². The lowest BCUT2D eigenvalue weighted by Gasteiger charge is -2.32. The third-order valence-corrected chi connectivity index (χ3v) is 4.44. The lowest BCUT2D eigenvalue weighted by Crippen LogP contribution is -2.42. The molecule has 0 saturated heterocycles. The summed E-state index contributed by atoms with van der Waals surface area (Å²) in [6.07, 6.45) is 1.69. The fourth-order valence-electron chi connectivity index (χ4n) is 3.23. The van der Waals surface area contributed by atoms with Crippen LogP contribution in [0.25, 0.3) is 11.0 Å². The van der Waals surface area contributed by atoms with Gasteiger partial charge in [-0.05, 0) is 5.56 Å². The maximum atomic E-state index is 13.7. The van der Waals surface area contributed by atoms with E-state index < -0.39 is 11.6 Å². The number of hydrogen-bond donors (Lipinski definition) is 0. The van der Waals surface area contributed by atoms with Gasteiger partial charge in [-0.15, -0.1) is 6.58 Å². The van der Waals surface area contributed by atoms with Gasteiger partial charge in [0, 0.05) is 25.2 Å². The zero-order chi connectivity index (χ0) is 17.6. The molecular weight excluding hydrogens is 324 g/mol. The molecule has 1 aliphatic rings. The van der Waals surface area contributed by atoms with E-state index in [0.29, 0.717) is 18.6 Å². The van der Waals surface area contributed by atoms with Crippen molar-refractivity contribution in [3.05, 3.63) is 78.1 Å². The van der Waals surface area contributed by atoms with Gasteiger partial charge in [0.25, 0.3) is 5.91 Å². The topological polar surface area (TPSA) is 38.1 Å². The first-order valence-corrected chi connectivity index (χ1v) is 7.91. The summed E-state index contributed by atoms with van der Waals surface area (Å²) >= 11 is 0. The van der Waals surface area contributed by atoms with Crippen LogP contribution in [-0.2, 0) is 6.54 Å². The minimum atomic E-state index is -0.980. The van der Waals surface area contributed by atoms with Gasteiger partial charge in [0.1, 0.15) is 0 Å². The Kier molecular flexibility index (Phi) is 3.60. The quantitative estimate of drug-likeness (QED) is 0.683. The van der Waals surface area contributed by atoms with Crippen molar-refractivity contribution in [2.75, 3.05) is 6.54 Å². The van der Waals surface area contributed by atoms with Crippen LogP contribution in [0.2, 0.25) is 0 Å². The fraction of sp³-hybridized carbons (Fsp3) is 0.158. The van der Waals surface area contributed by atoms with Gasteiger partial charge in [-0.25, -0.2) is 13.8 Å². The summed E-state index contributed by atoms with van der Waals surface area (Å²) in [5.74, 6) is -2.03. The zero-order valence-electron chi connectivity index (χ0n) is 13.3. The van der Waals surface area contributed by atoms with Crippen LogP contribution >= 0.6 is 0 Å². The molecule has 2 aromatic carbocycles. The van der Waals surface area contributed by atoms with Crippen LogP contribution in [0.15, 0.2) is 55.1 Å². The summed E-state index contributed by atoms with van der Waals surface area (Å²) in [5.41, 5.74) is 1.66. The smallest absolute Gasteiger partial charge is 0.290 e. The third-order valence-electron chi connectivity index (χ3n) is 4.44. The Morgan fingerprint density at radius 3 is 2.64 bits per heavy atom. The second-order valence-corrected chi connectivity index (χ2v) is 6.03. The van der Waals surface area contributed by atoms with E-state index in [1.165, 1.54) is 0 Å². The minimum Gasteiger partial charge on any atom is -0.329 e. The van der Waals surface area contributed by atoms with Crippen LogP contribution in [0.3, 0.4) is 0 Å². The maximum Gasteiger partial charge on any atom is 0.290 e. The van der Waals surface area contributed by atoms with E-state index in [-0.39, 0.29) is 23.3 Å². The maximum absolute atomic E-state index is 13.7. The molecule has 2 heterocycles. The van der Waals surface area contributed by atoms with Gasteiger partial charge in [-0.2, -0.15) is 0 Å². The van der Waals surface area contributed by atoms with Crippen molar-refractivity contribution in [1.29, 1.82) is 0 Å². The summed E-state index contributed by atoms with van der Waals surface area (Å²) in [5, 5.41) is 0. The van der Waals surface area contributed by atoms with Crippen LogP contribution in [0.4, 0.5) is 8.78 Å². The van der Waals surface area contributed by atoms with Crippen molar-refractivity contribution in [2.24, 2.45) is 0 Å². The predicted molar refractivity (Wildman–Crippen MR) is 90.1 cm³/mol. The Hall–Kier alpha value is -3.02. The lowest BCUT2D eigenvalue weighted by molar-refractivity contribution is 0.0668. The summed E-state index contributed by atoms with van der Waals surface area (Å²) in [4.78, 5) is 18.8. The van der Waals surface area contributed by atoms with Gasteiger partial charge < -0.3 is 9.47 Å². The highest BCUT2D eigenvalue weighted by Crippen LogP contribution is 2.30. The fourth-order valence-corrected chi connectivity index (χ4v) is 3.23. The Morgan fingerprint density at radius 1 is 1.20 bits per heavy atom. The summed E-state index contributed by atoms with van der Waals surface area (Å²) in [6.45, 7) is 4.66. The van der Waals surface area contributed by atoms with Crippen molar-refractivity contribution in [3.8, 4) is 0 Å². The molecule has 25 heavy (non-hydrogen) atoms. The number of imidazole rings is 1. The van der Waals surface area contributed by atoms with Crippen LogP contribution in [-0.4, -0.2) is 26.9 Å². The minimum absolute atomic E-state index is 0.173. The second kappa shape index (κ2) is 5.81. The molecule has 0 spiro atoms. The number of rotatable bonds is 3. The molecule has 126 valence electrons. The molecule has 0 fully saturated rings. The van der Waals surface area contributed by atoms with Crippen molar-refractivity contribution in [1.82, 2.24) is 14.5 Å². The molecule has 4 rings (SSSR count). The molecule has 1 amide bonds. The summed E-state index contributed by atoms with van der Waals surface area (Å²) in [7, 11) is 0.